The number of rotatable bonds is 5. The highest BCUT2D eigenvalue weighted by atomic mass is 79.9. The van der Waals surface area contributed by atoms with E-state index in [1.807, 2.05) is 25.2 Å². The summed E-state index contributed by atoms with van der Waals surface area (Å²) in [5, 5.41) is 0. The molecule has 0 atom stereocenters. The van der Waals surface area contributed by atoms with E-state index in [9.17, 15) is 4.79 Å². The van der Waals surface area contributed by atoms with Gasteiger partial charge in [0.05, 0.1) is 6.54 Å². The van der Waals surface area contributed by atoms with Gasteiger partial charge in [0, 0.05) is 16.9 Å². The third kappa shape index (κ3) is 3.16. The van der Waals surface area contributed by atoms with Crippen molar-refractivity contribution in [2.75, 3.05) is 13.6 Å². The van der Waals surface area contributed by atoms with Gasteiger partial charge in [0.25, 0.3) is 0 Å². The molecule has 16 heavy (non-hydrogen) atoms. The summed E-state index contributed by atoms with van der Waals surface area (Å²) in [6, 6.07) is 8.15. The first kappa shape index (κ1) is 11.8. The van der Waals surface area contributed by atoms with E-state index in [0.717, 1.165) is 23.9 Å². The molecule has 0 heterocycles. The molecule has 1 aromatic carbocycles. The van der Waals surface area contributed by atoms with Crippen molar-refractivity contribution in [1.82, 2.24) is 4.90 Å². The molecule has 0 bridgehead atoms. The van der Waals surface area contributed by atoms with Gasteiger partial charge in [-0.2, -0.15) is 0 Å². The molecule has 1 aromatic rings. The number of Topliss-reactive ketones (excluding diaryl/α,β-unsaturated/α-hetero) is 1. The maximum absolute atomic E-state index is 11.6. The fourth-order valence-corrected chi connectivity index (χ4v) is 2.18. The molecule has 1 aliphatic carbocycles. The molecular formula is C13H16BrNO. The zero-order chi connectivity index (χ0) is 11.5. The van der Waals surface area contributed by atoms with Crippen LogP contribution in [0.15, 0.2) is 28.7 Å². The molecule has 2 rings (SSSR count). The van der Waals surface area contributed by atoms with Gasteiger partial charge >= 0.3 is 0 Å². The van der Waals surface area contributed by atoms with Gasteiger partial charge < -0.3 is 0 Å². The smallest absolute Gasteiger partial charge is 0.149 e. The summed E-state index contributed by atoms with van der Waals surface area (Å²) in [5.74, 6) is 0.760. The predicted octanol–water partition coefficient (Wildman–Crippen LogP) is 2.86. The highest BCUT2D eigenvalue weighted by molar-refractivity contribution is 9.10. The van der Waals surface area contributed by atoms with Crippen molar-refractivity contribution in [3.8, 4) is 0 Å². The van der Waals surface area contributed by atoms with E-state index < -0.39 is 0 Å². The number of hydrogen-bond acceptors (Lipinski definition) is 2. The predicted molar refractivity (Wildman–Crippen MR) is 68.2 cm³/mol. The Kier molecular flexibility index (Phi) is 3.77. The van der Waals surface area contributed by atoms with Crippen LogP contribution in [0.4, 0.5) is 0 Å². The Hall–Kier alpha value is -0.670. The molecule has 86 valence electrons. The fraction of sp³-hybridized carbons (Fsp3) is 0.462. The molecule has 0 aromatic heterocycles. The van der Waals surface area contributed by atoms with Crippen LogP contribution in [-0.2, 0) is 11.3 Å². The third-order valence-electron chi connectivity index (χ3n) is 2.86. The highest BCUT2D eigenvalue weighted by Gasteiger charge is 2.29. The molecule has 1 fully saturated rings. The molecule has 0 radical (unpaired) electrons. The first-order valence-electron chi connectivity index (χ1n) is 5.61. The van der Waals surface area contributed by atoms with Crippen LogP contribution in [-0.4, -0.2) is 24.3 Å². The number of benzene rings is 1. The molecule has 1 aliphatic rings. The summed E-state index contributed by atoms with van der Waals surface area (Å²) in [4.78, 5) is 13.7. The van der Waals surface area contributed by atoms with Crippen LogP contribution in [0, 0.1) is 5.92 Å². The fourth-order valence-electron chi connectivity index (χ4n) is 1.77. The van der Waals surface area contributed by atoms with Gasteiger partial charge in [-0.15, -0.1) is 0 Å². The van der Waals surface area contributed by atoms with Crippen LogP contribution in [0.5, 0.6) is 0 Å². The lowest BCUT2D eigenvalue weighted by Crippen LogP contribution is -2.26. The van der Waals surface area contributed by atoms with E-state index in [2.05, 4.69) is 26.9 Å². The summed E-state index contributed by atoms with van der Waals surface area (Å²) in [7, 11) is 2.00. The Balaban J connectivity index is 1.89. The quantitative estimate of drug-likeness (QED) is 0.827. The van der Waals surface area contributed by atoms with E-state index in [-0.39, 0.29) is 0 Å². The number of carbonyl (C=O) groups excluding carboxylic acids is 1. The molecule has 0 saturated heterocycles. The largest absolute Gasteiger partial charge is 0.298 e. The molecule has 2 nitrogen and oxygen atoms in total. The van der Waals surface area contributed by atoms with Crippen molar-refractivity contribution in [2.45, 2.75) is 19.4 Å². The molecule has 0 N–H and O–H groups in total. The standard InChI is InChI=1S/C13H16BrNO/c1-15(9-13(16)10-6-7-10)8-11-4-2-3-5-12(11)14/h2-5,10H,6-9H2,1H3. The molecule has 0 amide bonds. The zero-order valence-electron chi connectivity index (χ0n) is 9.45. The highest BCUT2D eigenvalue weighted by Crippen LogP contribution is 2.30. The lowest BCUT2D eigenvalue weighted by molar-refractivity contribution is -0.121. The van der Waals surface area contributed by atoms with Crippen molar-refractivity contribution in [3.05, 3.63) is 34.3 Å². The number of ketones is 1. The second-order valence-corrected chi connectivity index (χ2v) is 5.36. The Morgan fingerprint density at radius 1 is 1.44 bits per heavy atom. The van der Waals surface area contributed by atoms with Gasteiger partial charge in [0.15, 0.2) is 0 Å². The van der Waals surface area contributed by atoms with Gasteiger partial charge in [-0.1, -0.05) is 34.1 Å². The van der Waals surface area contributed by atoms with E-state index in [4.69, 9.17) is 0 Å². The average Bonchev–Trinajstić information content (AvgIpc) is 3.04. The molecule has 0 spiro atoms. The summed E-state index contributed by atoms with van der Waals surface area (Å²) < 4.78 is 1.11. The Morgan fingerprint density at radius 3 is 2.75 bits per heavy atom. The van der Waals surface area contributed by atoms with Gasteiger partial charge in [-0.3, -0.25) is 9.69 Å². The maximum atomic E-state index is 11.6. The van der Waals surface area contributed by atoms with Crippen LogP contribution in [0.3, 0.4) is 0 Å². The number of likely N-dealkylation sites (N-methyl/N-ethyl adjacent to an activating group) is 1. The zero-order valence-corrected chi connectivity index (χ0v) is 11.0. The Morgan fingerprint density at radius 2 is 2.12 bits per heavy atom. The van der Waals surface area contributed by atoms with E-state index in [0.29, 0.717) is 18.2 Å². The lowest BCUT2D eigenvalue weighted by atomic mass is 10.2. The molecule has 0 aliphatic heterocycles. The van der Waals surface area contributed by atoms with E-state index in [1.165, 1.54) is 5.56 Å². The van der Waals surface area contributed by atoms with Crippen LogP contribution in [0.25, 0.3) is 0 Å². The minimum Gasteiger partial charge on any atom is -0.298 e. The normalized spacial score (nSPS) is 15.4. The van der Waals surface area contributed by atoms with Crippen LogP contribution >= 0.6 is 15.9 Å². The lowest BCUT2D eigenvalue weighted by Gasteiger charge is -2.16. The van der Waals surface area contributed by atoms with Crippen molar-refractivity contribution in [1.29, 1.82) is 0 Å². The summed E-state index contributed by atoms with van der Waals surface area (Å²) in [5.41, 5.74) is 1.23. The maximum Gasteiger partial charge on any atom is 0.149 e. The molecular weight excluding hydrogens is 266 g/mol. The molecule has 1 saturated carbocycles. The monoisotopic (exact) mass is 281 g/mol. The van der Waals surface area contributed by atoms with Gasteiger partial charge in [0.2, 0.25) is 0 Å². The molecule has 0 unspecified atom stereocenters. The minimum atomic E-state index is 0.363. The minimum absolute atomic E-state index is 0.363. The Labute approximate surface area is 105 Å². The topological polar surface area (TPSA) is 20.3 Å². The van der Waals surface area contributed by atoms with Crippen LogP contribution in [0.1, 0.15) is 18.4 Å². The van der Waals surface area contributed by atoms with Crippen LogP contribution in [0.2, 0.25) is 0 Å². The third-order valence-corrected chi connectivity index (χ3v) is 3.63. The van der Waals surface area contributed by atoms with E-state index >= 15 is 0 Å². The SMILES string of the molecule is CN(CC(=O)C1CC1)Cc1ccccc1Br. The summed E-state index contributed by atoms with van der Waals surface area (Å²) in [6.07, 6.45) is 2.20. The van der Waals surface area contributed by atoms with Crippen molar-refractivity contribution >= 4 is 21.7 Å². The Bertz CT molecular complexity index is 387. The van der Waals surface area contributed by atoms with Gasteiger partial charge in [0.1, 0.15) is 5.78 Å². The second kappa shape index (κ2) is 5.11. The molecule has 3 heteroatoms. The number of hydrogen-bond donors (Lipinski definition) is 0. The van der Waals surface area contributed by atoms with Crippen LogP contribution < -0.4 is 0 Å². The van der Waals surface area contributed by atoms with Gasteiger partial charge in [-0.25, -0.2) is 0 Å². The van der Waals surface area contributed by atoms with Crippen molar-refractivity contribution in [2.24, 2.45) is 5.92 Å². The first-order chi connectivity index (χ1) is 7.66. The number of nitrogens with zero attached hydrogens (tertiary/aromatic N) is 1. The number of halogens is 1. The van der Waals surface area contributed by atoms with Gasteiger partial charge in [-0.05, 0) is 31.5 Å². The first-order valence-corrected chi connectivity index (χ1v) is 6.41. The van der Waals surface area contributed by atoms with Crippen molar-refractivity contribution in [3.63, 3.8) is 0 Å². The van der Waals surface area contributed by atoms with E-state index in [1.54, 1.807) is 0 Å². The summed E-state index contributed by atoms with van der Waals surface area (Å²) in [6.45, 7) is 1.39. The second-order valence-electron chi connectivity index (χ2n) is 4.50. The average molecular weight is 282 g/mol. The summed E-state index contributed by atoms with van der Waals surface area (Å²) >= 11 is 3.52. The van der Waals surface area contributed by atoms with Crippen molar-refractivity contribution < 1.29 is 4.79 Å². The number of carbonyl (C=O) groups is 1.